The third kappa shape index (κ3) is 2.89. The number of nitriles is 1. The SMILES string of the molecule is CC(C)(C)c1ccc(-c2nc(N)cc(C#N)n2)cc1. The largest absolute Gasteiger partial charge is 0.384 e. The van der Waals surface area contributed by atoms with Gasteiger partial charge in [0.15, 0.2) is 5.82 Å². The second-order valence-electron chi connectivity index (χ2n) is 5.44. The molecule has 0 fully saturated rings. The number of nitrogens with two attached hydrogens (primary N) is 1. The normalized spacial score (nSPS) is 11.1. The number of hydrogen-bond donors (Lipinski definition) is 1. The molecule has 0 saturated heterocycles. The summed E-state index contributed by atoms with van der Waals surface area (Å²) in [6.07, 6.45) is 0. The van der Waals surface area contributed by atoms with Crippen molar-refractivity contribution < 1.29 is 0 Å². The molecule has 4 nitrogen and oxygen atoms in total. The van der Waals surface area contributed by atoms with Crippen LogP contribution in [-0.2, 0) is 5.41 Å². The van der Waals surface area contributed by atoms with Gasteiger partial charge >= 0.3 is 0 Å². The molecule has 2 N–H and O–H groups in total. The number of nitrogens with zero attached hydrogens (tertiary/aromatic N) is 3. The van der Waals surface area contributed by atoms with Crippen molar-refractivity contribution in [1.29, 1.82) is 5.26 Å². The molecule has 0 unspecified atom stereocenters. The Morgan fingerprint density at radius 3 is 2.26 bits per heavy atom. The van der Waals surface area contributed by atoms with Gasteiger partial charge in [-0.2, -0.15) is 5.26 Å². The smallest absolute Gasteiger partial charge is 0.162 e. The fraction of sp³-hybridized carbons (Fsp3) is 0.267. The molecule has 1 heterocycles. The van der Waals surface area contributed by atoms with Crippen LogP contribution >= 0.6 is 0 Å². The van der Waals surface area contributed by atoms with Gasteiger partial charge in [-0.3, -0.25) is 0 Å². The van der Waals surface area contributed by atoms with Gasteiger partial charge in [-0.05, 0) is 11.0 Å². The number of rotatable bonds is 1. The summed E-state index contributed by atoms with van der Waals surface area (Å²) in [6, 6.07) is 11.5. The maximum Gasteiger partial charge on any atom is 0.162 e. The van der Waals surface area contributed by atoms with Crippen LogP contribution in [0.1, 0.15) is 32.0 Å². The Kier molecular flexibility index (Phi) is 3.22. The van der Waals surface area contributed by atoms with Crippen molar-refractivity contribution in [3.05, 3.63) is 41.6 Å². The van der Waals surface area contributed by atoms with Crippen LogP contribution in [0, 0.1) is 11.3 Å². The van der Waals surface area contributed by atoms with E-state index in [9.17, 15) is 0 Å². The lowest BCUT2D eigenvalue weighted by atomic mass is 9.87. The van der Waals surface area contributed by atoms with E-state index in [1.54, 1.807) is 0 Å². The molecular weight excluding hydrogens is 236 g/mol. The molecule has 0 saturated carbocycles. The van der Waals surface area contributed by atoms with Crippen LogP contribution in [0.5, 0.6) is 0 Å². The van der Waals surface area contributed by atoms with Gasteiger partial charge in [-0.15, -0.1) is 0 Å². The Morgan fingerprint density at radius 2 is 1.74 bits per heavy atom. The van der Waals surface area contributed by atoms with Gasteiger partial charge in [0.25, 0.3) is 0 Å². The van der Waals surface area contributed by atoms with Crippen molar-refractivity contribution in [2.45, 2.75) is 26.2 Å². The van der Waals surface area contributed by atoms with E-state index in [0.717, 1.165) is 5.56 Å². The predicted octanol–water partition coefficient (Wildman–Crippen LogP) is 2.89. The summed E-state index contributed by atoms with van der Waals surface area (Å²) in [7, 11) is 0. The molecule has 4 heteroatoms. The van der Waals surface area contributed by atoms with Gasteiger partial charge in [0.05, 0.1) is 0 Å². The zero-order valence-electron chi connectivity index (χ0n) is 11.3. The highest BCUT2D eigenvalue weighted by Crippen LogP contribution is 2.25. The van der Waals surface area contributed by atoms with E-state index < -0.39 is 0 Å². The first-order valence-corrected chi connectivity index (χ1v) is 6.06. The Labute approximate surface area is 112 Å². The van der Waals surface area contributed by atoms with Gasteiger partial charge in [-0.1, -0.05) is 45.0 Å². The lowest BCUT2D eigenvalue weighted by molar-refractivity contribution is 0.590. The van der Waals surface area contributed by atoms with Crippen LogP contribution in [0.15, 0.2) is 30.3 Å². The third-order valence-electron chi connectivity index (χ3n) is 2.87. The number of benzene rings is 1. The van der Waals surface area contributed by atoms with Gasteiger partial charge < -0.3 is 5.73 Å². The summed E-state index contributed by atoms with van der Waals surface area (Å²) in [5.74, 6) is 0.790. The van der Waals surface area contributed by atoms with Crippen LogP contribution in [0.4, 0.5) is 5.82 Å². The minimum atomic E-state index is 0.104. The molecule has 0 bridgehead atoms. The number of anilines is 1. The summed E-state index contributed by atoms with van der Waals surface area (Å²) >= 11 is 0. The molecule has 0 amide bonds. The van der Waals surface area contributed by atoms with E-state index in [1.807, 2.05) is 30.3 Å². The summed E-state index contributed by atoms with van der Waals surface area (Å²) in [6.45, 7) is 6.48. The van der Waals surface area contributed by atoms with E-state index >= 15 is 0 Å². The summed E-state index contributed by atoms with van der Waals surface area (Å²) in [5, 5.41) is 8.89. The summed E-state index contributed by atoms with van der Waals surface area (Å²) in [4.78, 5) is 8.32. The molecule has 0 atom stereocenters. The van der Waals surface area contributed by atoms with E-state index in [1.165, 1.54) is 11.6 Å². The molecule has 19 heavy (non-hydrogen) atoms. The third-order valence-corrected chi connectivity index (χ3v) is 2.87. The van der Waals surface area contributed by atoms with Crippen molar-refractivity contribution in [3.8, 4) is 17.5 Å². The number of hydrogen-bond acceptors (Lipinski definition) is 4. The quantitative estimate of drug-likeness (QED) is 0.846. The standard InChI is InChI=1S/C15H16N4/c1-15(2,3)11-6-4-10(5-7-11)14-18-12(9-16)8-13(17)19-14/h4-8H,1-3H3,(H2,17,18,19). The van der Waals surface area contributed by atoms with E-state index in [-0.39, 0.29) is 11.1 Å². The minimum absolute atomic E-state index is 0.104. The van der Waals surface area contributed by atoms with Gasteiger partial charge in [0.2, 0.25) is 0 Å². The van der Waals surface area contributed by atoms with Crippen molar-refractivity contribution >= 4 is 5.82 Å². The van der Waals surface area contributed by atoms with Crippen LogP contribution in [0.25, 0.3) is 11.4 Å². The van der Waals surface area contributed by atoms with E-state index in [0.29, 0.717) is 11.6 Å². The average molecular weight is 252 g/mol. The van der Waals surface area contributed by atoms with E-state index in [2.05, 4.69) is 30.7 Å². The van der Waals surface area contributed by atoms with Gasteiger partial charge in [0.1, 0.15) is 17.6 Å². The lowest BCUT2D eigenvalue weighted by Crippen LogP contribution is -2.10. The summed E-state index contributed by atoms with van der Waals surface area (Å²) in [5.41, 5.74) is 8.15. The van der Waals surface area contributed by atoms with Crippen molar-refractivity contribution in [2.75, 3.05) is 5.73 Å². The maximum absolute atomic E-state index is 8.89. The molecule has 0 aliphatic heterocycles. The highest BCUT2D eigenvalue weighted by atomic mass is 14.9. The van der Waals surface area contributed by atoms with Crippen LogP contribution in [0.2, 0.25) is 0 Å². The second-order valence-corrected chi connectivity index (χ2v) is 5.44. The van der Waals surface area contributed by atoms with Crippen molar-refractivity contribution in [3.63, 3.8) is 0 Å². The maximum atomic E-state index is 8.89. The first-order chi connectivity index (χ1) is 8.90. The first kappa shape index (κ1) is 13.0. The lowest BCUT2D eigenvalue weighted by Gasteiger charge is -2.19. The average Bonchev–Trinajstić information content (AvgIpc) is 2.37. The monoisotopic (exact) mass is 252 g/mol. The fourth-order valence-corrected chi connectivity index (χ4v) is 1.77. The molecule has 1 aromatic heterocycles. The van der Waals surface area contributed by atoms with Crippen LogP contribution in [-0.4, -0.2) is 9.97 Å². The Hall–Kier alpha value is -2.41. The zero-order valence-corrected chi connectivity index (χ0v) is 11.3. The number of aromatic nitrogens is 2. The molecule has 0 aliphatic rings. The first-order valence-electron chi connectivity index (χ1n) is 6.06. The zero-order chi connectivity index (χ0) is 14.0. The summed E-state index contributed by atoms with van der Waals surface area (Å²) < 4.78 is 0. The van der Waals surface area contributed by atoms with Crippen LogP contribution < -0.4 is 5.73 Å². The Balaban J connectivity index is 2.43. The molecule has 2 rings (SSSR count). The Bertz CT molecular complexity index is 631. The number of nitrogen functional groups attached to an aromatic ring is 1. The van der Waals surface area contributed by atoms with E-state index in [4.69, 9.17) is 11.0 Å². The van der Waals surface area contributed by atoms with Crippen molar-refractivity contribution in [2.24, 2.45) is 0 Å². The molecular formula is C15H16N4. The molecule has 0 aliphatic carbocycles. The van der Waals surface area contributed by atoms with Gasteiger partial charge in [-0.25, -0.2) is 9.97 Å². The second kappa shape index (κ2) is 4.69. The predicted molar refractivity (Wildman–Crippen MR) is 75.3 cm³/mol. The molecule has 1 aromatic carbocycles. The van der Waals surface area contributed by atoms with Crippen LogP contribution in [0.3, 0.4) is 0 Å². The van der Waals surface area contributed by atoms with Gasteiger partial charge in [0, 0.05) is 11.6 Å². The molecule has 0 spiro atoms. The highest BCUT2D eigenvalue weighted by molar-refractivity contribution is 5.58. The fourth-order valence-electron chi connectivity index (χ4n) is 1.77. The van der Waals surface area contributed by atoms with Crippen molar-refractivity contribution in [1.82, 2.24) is 9.97 Å². The minimum Gasteiger partial charge on any atom is -0.384 e. The highest BCUT2D eigenvalue weighted by Gasteiger charge is 2.13. The molecule has 96 valence electrons. The molecule has 2 aromatic rings. The topological polar surface area (TPSA) is 75.6 Å². The Morgan fingerprint density at radius 1 is 1.11 bits per heavy atom. The molecule has 0 radical (unpaired) electrons.